The van der Waals surface area contributed by atoms with Gasteiger partial charge in [-0.3, -0.25) is 9.69 Å². The fraction of sp³-hybridized carbons (Fsp3) is 0.480. The van der Waals surface area contributed by atoms with Gasteiger partial charge in [0.2, 0.25) is 5.75 Å². The average molecular weight is 443 g/mol. The van der Waals surface area contributed by atoms with Crippen LogP contribution in [0.1, 0.15) is 42.1 Å². The van der Waals surface area contributed by atoms with E-state index >= 15 is 0 Å². The smallest absolute Gasteiger partial charge is 0.255 e. The summed E-state index contributed by atoms with van der Waals surface area (Å²) in [7, 11) is 4.59. The predicted molar refractivity (Wildman–Crippen MR) is 124 cm³/mol. The number of nitrogens with one attached hydrogen (secondary N) is 1. The van der Waals surface area contributed by atoms with E-state index in [9.17, 15) is 4.79 Å². The Labute approximate surface area is 190 Å². The molecule has 174 valence electrons. The summed E-state index contributed by atoms with van der Waals surface area (Å²) >= 11 is 0. The zero-order valence-electron chi connectivity index (χ0n) is 19.5. The Kier molecular flexibility index (Phi) is 8.62. The number of benzene rings is 2. The monoisotopic (exact) mass is 442 g/mol. The van der Waals surface area contributed by atoms with Crippen molar-refractivity contribution in [2.75, 3.05) is 41.0 Å². The molecular formula is C25H34N2O5. The lowest BCUT2D eigenvalue weighted by Gasteiger charge is -2.24. The summed E-state index contributed by atoms with van der Waals surface area (Å²) in [6.07, 6.45) is 3.46. The zero-order chi connectivity index (χ0) is 22.9. The summed E-state index contributed by atoms with van der Waals surface area (Å²) in [4.78, 5) is 15.2. The van der Waals surface area contributed by atoms with Crippen molar-refractivity contribution in [3.8, 4) is 23.0 Å². The molecule has 3 rings (SSSR count). The van der Waals surface area contributed by atoms with Gasteiger partial charge in [-0.05, 0) is 31.0 Å². The van der Waals surface area contributed by atoms with E-state index in [0.29, 0.717) is 29.4 Å². The average Bonchev–Trinajstić information content (AvgIpc) is 3.00. The molecule has 2 aromatic carbocycles. The minimum absolute atomic E-state index is 0.153. The molecule has 1 amide bonds. The molecule has 2 aromatic rings. The van der Waals surface area contributed by atoms with Gasteiger partial charge >= 0.3 is 0 Å². The van der Waals surface area contributed by atoms with E-state index in [-0.39, 0.29) is 12.0 Å². The number of amides is 1. The minimum Gasteiger partial charge on any atom is -0.493 e. The highest BCUT2D eigenvalue weighted by Gasteiger charge is 2.23. The van der Waals surface area contributed by atoms with Crippen molar-refractivity contribution in [2.24, 2.45) is 0 Å². The first-order valence-corrected chi connectivity index (χ1v) is 11.1. The van der Waals surface area contributed by atoms with Crippen LogP contribution in [0.5, 0.6) is 23.0 Å². The number of unbranched alkanes of at least 4 members (excludes halogenated alkanes) is 1. The van der Waals surface area contributed by atoms with Crippen molar-refractivity contribution >= 4 is 5.91 Å². The van der Waals surface area contributed by atoms with Gasteiger partial charge in [0.05, 0.1) is 26.9 Å². The molecule has 1 atom stereocenters. The maximum Gasteiger partial charge on any atom is 0.255 e. The number of carbonyl (C=O) groups excluding carboxylic acids is 1. The molecule has 32 heavy (non-hydrogen) atoms. The molecule has 1 heterocycles. The van der Waals surface area contributed by atoms with Crippen molar-refractivity contribution in [1.29, 1.82) is 0 Å². The van der Waals surface area contributed by atoms with Crippen LogP contribution in [-0.2, 0) is 6.54 Å². The summed E-state index contributed by atoms with van der Waals surface area (Å²) in [6, 6.07) is 11.6. The van der Waals surface area contributed by atoms with Gasteiger partial charge in [-0.2, -0.15) is 0 Å². The van der Waals surface area contributed by atoms with Gasteiger partial charge in [0.25, 0.3) is 5.91 Å². The van der Waals surface area contributed by atoms with Crippen LogP contribution in [-0.4, -0.2) is 57.9 Å². The first-order chi connectivity index (χ1) is 15.6. The number of carbonyl (C=O) groups is 1. The Morgan fingerprint density at radius 2 is 1.88 bits per heavy atom. The Morgan fingerprint density at radius 1 is 1.09 bits per heavy atom. The summed E-state index contributed by atoms with van der Waals surface area (Å²) in [5.41, 5.74) is 1.59. The van der Waals surface area contributed by atoms with Crippen LogP contribution in [0, 0.1) is 0 Å². The van der Waals surface area contributed by atoms with Crippen LogP contribution in [0.15, 0.2) is 36.4 Å². The fourth-order valence-corrected chi connectivity index (χ4v) is 4.01. The van der Waals surface area contributed by atoms with E-state index in [1.807, 2.05) is 18.2 Å². The van der Waals surface area contributed by atoms with E-state index in [1.54, 1.807) is 19.2 Å². The Balaban J connectivity index is 1.65. The van der Waals surface area contributed by atoms with Crippen molar-refractivity contribution in [2.45, 2.75) is 38.8 Å². The molecule has 0 bridgehead atoms. The quantitative estimate of drug-likeness (QED) is 0.602. The zero-order valence-corrected chi connectivity index (χ0v) is 19.5. The minimum atomic E-state index is -0.211. The fourth-order valence-electron chi connectivity index (χ4n) is 4.01. The standard InChI is InChI=1S/C25H34N2O5/c1-5-6-10-19-17-27(16-18-9-7-8-11-21(18)32-19)15-14-26-25(28)20-12-13-22(29-2)24(31-4)23(20)30-3/h7-9,11-13,19H,5-6,10,14-17H2,1-4H3,(H,26,28)/t19-/m1/s1. The maximum absolute atomic E-state index is 12.9. The van der Waals surface area contributed by atoms with Crippen molar-refractivity contribution in [3.05, 3.63) is 47.5 Å². The third-order valence-electron chi connectivity index (χ3n) is 5.66. The lowest BCUT2D eigenvalue weighted by molar-refractivity contribution is 0.0938. The molecule has 0 radical (unpaired) electrons. The van der Waals surface area contributed by atoms with Crippen LogP contribution in [0.4, 0.5) is 0 Å². The Hall–Kier alpha value is -2.93. The second-order valence-electron chi connectivity index (χ2n) is 7.86. The Morgan fingerprint density at radius 3 is 2.59 bits per heavy atom. The lowest BCUT2D eigenvalue weighted by atomic mass is 10.1. The maximum atomic E-state index is 12.9. The Bertz CT molecular complexity index is 902. The molecule has 0 aromatic heterocycles. The lowest BCUT2D eigenvalue weighted by Crippen LogP contribution is -2.38. The number of ether oxygens (including phenoxy) is 4. The number of hydrogen-bond acceptors (Lipinski definition) is 6. The molecule has 1 aliphatic rings. The molecule has 0 spiro atoms. The molecule has 7 nitrogen and oxygen atoms in total. The normalized spacial score (nSPS) is 15.8. The van der Waals surface area contributed by atoms with Gasteiger partial charge in [-0.1, -0.05) is 31.5 Å². The molecule has 0 saturated heterocycles. The number of fused-ring (bicyclic) bond motifs is 1. The molecule has 0 aliphatic carbocycles. The van der Waals surface area contributed by atoms with Gasteiger partial charge in [0.1, 0.15) is 11.9 Å². The van der Waals surface area contributed by atoms with Gasteiger partial charge in [0, 0.05) is 31.7 Å². The molecule has 0 saturated carbocycles. The predicted octanol–water partition coefficient (Wildman–Crippen LogP) is 3.90. The highest BCUT2D eigenvalue weighted by atomic mass is 16.5. The molecule has 7 heteroatoms. The summed E-state index contributed by atoms with van der Waals surface area (Å²) in [5, 5.41) is 3.01. The van der Waals surface area contributed by atoms with Crippen LogP contribution >= 0.6 is 0 Å². The number of nitrogens with zero attached hydrogens (tertiary/aromatic N) is 1. The number of rotatable bonds is 10. The van der Waals surface area contributed by atoms with Crippen molar-refractivity contribution < 1.29 is 23.7 Å². The third-order valence-corrected chi connectivity index (χ3v) is 5.66. The largest absolute Gasteiger partial charge is 0.493 e. The highest BCUT2D eigenvalue weighted by molar-refractivity contribution is 5.98. The number of para-hydroxylation sites is 1. The topological polar surface area (TPSA) is 69.3 Å². The number of hydrogen-bond donors (Lipinski definition) is 1. The highest BCUT2D eigenvalue weighted by Crippen LogP contribution is 2.39. The molecular weight excluding hydrogens is 408 g/mol. The number of methoxy groups -OCH3 is 3. The van der Waals surface area contributed by atoms with Crippen molar-refractivity contribution in [1.82, 2.24) is 10.2 Å². The molecule has 0 fully saturated rings. The second-order valence-corrected chi connectivity index (χ2v) is 7.86. The van der Waals surface area contributed by atoms with E-state index in [1.165, 1.54) is 19.8 Å². The molecule has 0 unspecified atom stereocenters. The summed E-state index contributed by atoms with van der Waals surface area (Å²) in [5.74, 6) is 2.04. The molecule has 1 aliphatic heterocycles. The SMILES string of the molecule is CCCC[C@@H]1CN(CCNC(=O)c2ccc(OC)c(OC)c2OC)Cc2ccccc2O1. The van der Waals surface area contributed by atoms with E-state index < -0.39 is 0 Å². The van der Waals surface area contributed by atoms with Gasteiger partial charge in [-0.25, -0.2) is 0 Å². The van der Waals surface area contributed by atoms with Crippen LogP contribution in [0.25, 0.3) is 0 Å². The van der Waals surface area contributed by atoms with Gasteiger partial charge in [0.15, 0.2) is 11.5 Å². The third kappa shape index (κ3) is 5.65. The van der Waals surface area contributed by atoms with Crippen LogP contribution < -0.4 is 24.3 Å². The first kappa shape index (κ1) is 23.7. The van der Waals surface area contributed by atoms with Gasteiger partial charge < -0.3 is 24.3 Å². The van der Waals surface area contributed by atoms with Crippen LogP contribution in [0.3, 0.4) is 0 Å². The summed E-state index contributed by atoms with van der Waals surface area (Å²) in [6.45, 7) is 5.07. The van der Waals surface area contributed by atoms with Crippen LogP contribution in [0.2, 0.25) is 0 Å². The summed E-state index contributed by atoms with van der Waals surface area (Å²) < 4.78 is 22.4. The van der Waals surface area contributed by atoms with E-state index in [0.717, 1.165) is 44.6 Å². The van der Waals surface area contributed by atoms with Gasteiger partial charge in [-0.15, -0.1) is 0 Å². The van der Waals surface area contributed by atoms with E-state index in [2.05, 4.69) is 23.2 Å². The van der Waals surface area contributed by atoms with Crippen molar-refractivity contribution in [3.63, 3.8) is 0 Å². The second kappa shape index (κ2) is 11.6. The van der Waals surface area contributed by atoms with E-state index in [4.69, 9.17) is 18.9 Å². The molecule has 1 N–H and O–H groups in total. The first-order valence-electron chi connectivity index (χ1n) is 11.1.